The third kappa shape index (κ3) is 1.86. The van der Waals surface area contributed by atoms with Crippen molar-refractivity contribution in [1.82, 2.24) is 15.0 Å². The van der Waals surface area contributed by atoms with Crippen LogP contribution in [0.25, 0.3) is 0 Å². The molecule has 0 spiro atoms. The molecule has 0 aliphatic heterocycles. The fourth-order valence-electron chi connectivity index (χ4n) is 1.77. The van der Waals surface area contributed by atoms with Crippen LogP contribution in [0.2, 0.25) is 0 Å². The van der Waals surface area contributed by atoms with Crippen LogP contribution in [-0.2, 0) is 6.54 Å². The Kier molecular flexibility index (Phi) is 3.05. The Morgan fingerprint density at radius 2 is 2.38 bits per heavy atom. The molecule has 0 aliphatic carbocycles. The first kappa shape index (κ1) is 10.9. The van der Waals surface area contributed by atoms with Crippen LogP contribution in [0.1, 0.15) is 36.4 Å². The van der Waals surface area contributed by atoms with Crippen molar-refractivity contribution >= 4 is 0 Å². The van der Waals surface area contributed by atoms with Crippen molar-refractivity contribution in [2.75, 3.05) is 0 Å². The maximum absolute atomic E-state index is 6.18. The van der Waals surface area contributed by atoms with Crippen LogP contribution in [0.4, 0.5) is 0 Å². The molecule has 0 bridgehead atoms. The molecule has 2 aromatic heterocycles. The smallest absolute Gasteiger partial charge is 0.105 e. The van der Waals surface area contributed by atoms with E-state index in [9.17, 15) is 0 Å². The van der Waals surface area contributed by atoms with Crippen LogP contribution in [0.3, 0.4) is 0 Å². The molecule has 0 radical (unpaired) electrons. The third-order valence-electron chi connectivity index (χ3n) is 2.64. The second kappa shape index (κ2) is 4.49. The minimum Gasteiger partial charge on any atom is -0.469 e. The number of aryl methyl sites for hydroxylation is 2. The van der Waals surface area contributed by atoms with Crippen molar-refractivity contribution in [3.63, 3.8) is 0 Å². The number of rotatable bonds is 4. The minimum absolute atomic E-state index is 0.222. The van der Waals surface area contributed by atoms with Gasteiger partial charge in [0, 0.05) is 12.1 Å². The molecular formula is C11H16N4O. The number of hydrogen-bond donors (Lipinski definition) is 1. The predicted octanol–water partition coefficient (Wildman–Crippen LogP) is 1.64. The Morgan fingerprint density at radius 3 is 3.00 bits per heavy atom. The highest BCUT2D eigenvalue weighted by atomic mass is 16.3. The molecule has 5 heteroatoms. The lowest BCUT2D eigenvalue weighted by molar-refractivity contribution is 0.518. The molecule has 0 aliphatic rings. The topological polar surface area (TPSA) is 69.9 Å². The Bertz CT molecular complexity index is 460. The van der Waals surface area contributed by atoms with Crippen LogP contribution < -0.4 is 5.73 Å². The molecule has 2 aromatic rings. The summed E-state index contributed by atoms with van der Waals surface area (Å²) in [6, 6.07) is 1.67. The van der Waals surface area contributed by atoms with Crippen molar-refractivity contribution in [1.29, 1.82) is 0 Å². The van der Waals surface area contributed by atoms with Crippen LogP contribution in [-0.4, -0.2) is 15.0 Å². The second-order valence-electron chi connectivity index (χ2n) is 3.79. The van der Waals surface area contributed by atoms with Gasteiger partial charge in [0.15, 0.2) is 0 Å². The third-order valence-corrected chi connectivity index (χ3v) is 2.64. The molecule has 0 aromatic carbocycles. The highest BCUT2D eigenvalue weighted by molar-refractivity contribution is 5.27. The summed E-state index contributed by atoms with van der Waals surface area (Å²) in [7, 11) is 0. The van der Waals surface area contributed by atoms with Crippen LogP contribution in [0, 0.1) is 6.92 Å². The highest BCUT2D eigenvalue weighted by Crippen LogP contribution is 2.22. The van der Waals surface area contributed by atoms with Crippen LogP contribution >= 0.6 is 0 Å². The van der Waals surface area contributed by atoms with E-state index in [0.29, 0.717) is 0 Å². The highest BCUT2D eigenvalue weighted by Gasteiger charge is 2.17. The molecule has 2 heterocycles. The van der Waals surface area contributed by atoms with E-state index in [1.54, 1.807) is 12.5 Å². The first-order valence-corrected chi connectivity index (χ1v) is 5.42. The SMILES string of the molecule is CCCn1nncc1C(N)c1ccoc1C. The lowest BCUT2D eigenvalue weighted by atomic mass is 10.1. The number of hydrogen-bond acceptors (Lipinski definition) is 4. The van der Waals surface area contributed by atoms with Gasteiger partial charge in [-0.15, -0.1) is 5.10 Å². The van der Waals surface area contributed by atoms with Gasteiger partial charge < -0.3 is 10.2 Å². The van der Waals surface area contributed by atoms with Gasteiger partial charge >= 0.3 is 0 Å². The summed E-state index contributed by atoms with van der Waals surface area (Å²) >= 11 is 0. The standard InChI is InChI=1S/C11H16N4O/c1-3-5-15-10(7-13-14-15)11(12)9-4-6-16-8(9)2/h4,6-7,11H,3,5,12H2,1-2H3. The van der Waals surface area contributed by atoms with Crippen molar-refractivity contribution in [2.45, 2.75) is 32.9 Å². The quantitative estimate of drug-likeness (QED) is 0.850. The summed E-state index contributed by atoms with van der Waals surface area (Å²) < 4.78 is 7.10. The lowest BCUT2D eigenvalue weighted by Gasteiger charge is -2.11. The normalized spacial score (nSPS) is 12.9. The monoisotopic (exact) mass is 220 g/mol. The Hall–Kier alpha value is -1.62. The van der Waals surface area contributed by atoms with Gasteiger partial charge in [0.2, 0.25) is 0 Å². The summed E-state index contributed by atoms with van der Waals surface area (Å²) in [6.07, 6.45) is 4.37. The summed E-state index contributed by atoms with van der Waals surface area (Å²) in [5.41, 5.74) is 8.08. The van der Waals surface area contributed by atoms with E-state index in [2.05, 4.69) is 17.2 Å². The predicted molar refractivity (Wildman–Crippen MR) is 59.8 cm³/mol. The maximum Gasteiger partial charge on any atom is 0.105 e. The summed E-state index contributed by atoms with van der Waals surface area (Å²) in [5, 5.41) is 7.93. The molecule has 5 nitrogen and oxygen atoms in total. The van der Waals surface area contributed by atoms with Gasteiger partial charge in [0.1, 0.15) is 5.76 Å². The van der Waals surface area contributed by atoms with E-state index in [-0.39, 0.29) is 6.04 Å². The zero-order valence-corrected chi connectivity index (χ0v) is 9.55. The van der Waals surface area contributed by atoms with E-state index < -0.39 is 0 Å². The van der Waals surface area contributed by atoms with Crippen LogP contribution in [0.5, 0.6) is 0 Å². The average molecular weight is 220 g/mol. The van der Waals surface area contributed by atoms with Gasteiger partial charge in [-0.25, -0.2) is 4.68 Å². The van der Waals surface area contributed by atoms with Gasteiger partial charge in [-0.3, -0.25) is 0 Å². The Balaban J connectivity index is 2.30. The fraction of sp³-hybridized carbons (Fsp3) is 0.455. The summed E-state index contributed by atoms with van der Waals surface area (Å²) in [6.45, 7) is 4.84. The zero-order valence-electron chi connectivity index (χ0n) is 9.55. The van der Waals surface area contributed by atoms with Crippen molar-refractivity contribution < 1.29 is 4.42 Å². The van der Waals surface area contributed by atoms with E-state index in [1.807, 2.05) is 17.7 Å². The van der Waals surface area contributed by atoms with Gasteiger partial charge in [0.25, 0.3) is 0 Å². The molecule has 16 heavy (non-hydrogen) atoms. The number of aromatic nitrogens is 3. The first-order valence-electron chi connectivity index (χ1n) is 5.42. The zero-order chi connectivity index (χ0) is 11.5. The van der Waals surface area contributed by atoms with Crippen molar-refractivity contribution in [2.24, 2.45) is 5.73 Å². The van der Waals surface area contributed by atoms with Gasteiger partial charge in [0.05, 0.1) is 24.2 Å². The van der Waals surface area contributed by atoms with E-state index in [1.165, 1.54) is 0 Å². The van der Waals surface area contributed by atoms with Gasteiger partial charge in [-0.05, 0) is 19.4 Å². The Labute approximate surface area is 94.2 Å². The lowest BCUT2D eigenvalue weighted by Crippen LogP contribution is -2.17. The van der Waals surface area contributed by atoms with Gasteiger partial charge in [-0.2, -0.15) is 0 Å². The molecular weight excluding hydrogens is 204 g/mol. The molecule has 1 unspecified atom stereocenters. The first-order chi connectivity index (χ1) is 7.74. The minimum atomic E-state index is -0.222. The molecule has 2 rings (SSSR count). The molecule has 1 atom stereocenters. The Morgan fingerprint density at radius 1 is 1.56 bits per heavy atom. The largest absolute Gasteiger partial charge is 0.469 e. The summed E-state index contributed by atoms with van der Waals surface area (Å²) in [4.78, 5) is 0. The van der Waals surface area contributed by atoms with Gasteiger partial charge in [-0.1, -0.05) is 12.1 Å². The number of nitrogens with two attached hydrogens (primary N) is 1. The maximum atomic E-state index is 6.18. The number of nitrogens with zero attached hydrogens (tertiary/aromatic N) is 3. The molecule has 0 fully saturated rings. The van der Waals surface area contributed by atoms with Crippen molar-refractivity contribution in [3.05, 3.63) is 35.5 Å². The molecule has 86 valence electrons. The molecule has 2 N–H and O–H groups in total. The van der Waals surface area contributed by atoms with Crippen molar-refractivity contribution in [3.8, 4) is 0 Å². The molecule has 0 amide bonds. The second-order valence-corrected chi connectivity index (χ2v) is 3.79. The van der Waals surface area contributed by atoms with E-state index in [0.717, 1.165) is 30.0 Å². The number of furan rings is 1. The molecule has 0 saturated heterocycles. The van der Waals surface area contributed by atoms with Crippen LogP contribution in [0.15, 0.2) is 22.9 Å². The fourth-order valence-corrected chi connectivity index (χ4v) is 1.77. The van der Waals surface area contributed by atoms with E-state index in [4.69, 9.17) is 10.2 Å². The summed E-state index contributed by atoms with van der Waals surface area (Å²) in [5.74, 6) is 0.844. The molecule has 0 saturated carbocycles. The average Bonchev–Trinajstić information content (AvgIpc) is 2.87. The van der Waals surface area contributed by atoms with E-state index >= 15 is 0 Å².